The molecule has 1 aromatic heterocycles. The molecule has 0 aliphatic carbocycles. The molecule has 2 rings (SSSR count). The van der Waals surface area contributed by atoms with Gasteiger partial charge in [-0.15, -0.1) is 11.3 Å². The molecule has 2 aromatic rings. The van der Waals surface area contributed by atoms with E-state index >= 15 is 0 Å². The van der Waals surface area contributed by atoms with Crippen LogP contribution < -0.4 is 0 Å². The summed E-state index contributed by atoms with van der Waals surface area (Å²) in [6, 6.07) is 4.38. The maximum absolute atomic E-state index is 11.2. The summed E-state index contributed by atoms with van der Waals surface area (Å²) in [5.74, 6) is -1.38. The number of hydrogen-bond acceptors (Lipinski definition) is 5. The molecule has 1 heterocycles. The fourth-order valence-electron chi connectivity index (χ4n) is 1.46. The van der Waals surface area contributed by atoms with Crippen LogP contribution in [0, 0.1) is 0 Å². The molecule has 0 aliphatic heterocycles. The number of nitrogens with zero attached hydrogens (tertiary/aromatic N) is 1. The molecule has 0 amide bonds. The maximum atomic E-state index is 11.2. The molecule has 0 spiro atoms. The zero-order chi connectivity index (χ0) is 14.2. The number of hydrogen-bond donors (Lipinski definition) is 3. The lowest BCUT2D eigenvalue weighted by atomic mass is 9.90. The van der Waals surface area contributed by atoms with E-state index in [4.69, 9.17) is 5.11 Å². The van der Waals surface area contributed by atoms with Crippen molar-refractivity contribution < 1.29 is 20.1 Å². The third kappa shape index (κ3) is 2.39. The zero-order valence-corrected chi connectivity index (χ0v) is 11.2. The first-order valence-electron chi connectivity index (χ1n) is 5.54. The standard InChI is InChI=1S/C13H13NO4S/c1-13(2,12(17)18)10-6-19-11(14-10)7-3-4-8(15)9(16)5-7/h3-6,15-16H,1-2H3,(H,17,18). The molecular formula is C13H13NO4S. The Kier molecular flexibility index (Phi) is 3.20. The molecule has 0 fully saturated rings. The normalized spacial score (nSPS) is 11.5. The van der Waals surface area contributed by atoms with Gasteiger partial charge in [-0.3, -0.25) is 4.79 Å². The van der Waals surface area contributed by atoms with Gasteiger partial charge in [0.05, 0.1) is 5.69 Å². The summed E-state index contributed by atoms with van der Waals surface area (Å²) in [6.45, 7) is 3.17. The highest BCUT2D eigenvalue weighted by Gasteiger charge is 2.32. The highest BCUT2D eigenvalue weighted by Crippen LogP contribution is 2.34. The number of phenolic OH excluding ortho intramolecular Hbond substituents is 2. The van der Waals surface area contributed by atoms with Gasteiger partial charge >= 0.3 is 5.97 Å². The van der Waals surface area contributed by atoms with Crippen molar-refractivity contribution in [2.45, 2.75) is 19.3 Å². The number of aromatic nitrogens is 1. The van der Waals surface area contributed by atoms with Crippen LogP contribution in [0.5, 0.6) is 11.5 Å². The van der Waals surface area contributed by atoms with Crippen LogP contribution in [0.1, 0.15) is 19.5 Å². The summed E-state index contributed by atoms with van der Waals surface area (Å²) in [5, 5.41) is 30.1. The third-order valence-corrected chi connectivity index (χ3v) is 3.79. The number of aliphatic carboxylic acids is 1. The molecule has 5 nitrogen and oxygen atoms in total. The summed E-state index contributed by atoms with van der Waals surface area (Å²) in [6.07, 6.45) is 0. The van der Waals surface area contributed by atoms with Crippen LogP contribution in [0.4, 0.5) is 0 Å². The fourth-order valence-corrected chi connectivity index (χ4v) is 2.44. The smallest absolute Gasteiger partial charge is 0.315 e. The Hall–Kier alpha value is -2.08. The molecule has 19 heavy (non-hydrogen) atoms. The molecular weight excluding hydrogens is 266 g/mol. The Morgan fingerprint density at radius 1 is 1.26 bits per heavy atom. The van der Waals surface area contributed by atoms with E-state index in [1.54, 1.807) is 25.3 Å². The van der Waals surface area contributed by atoms with Gasteiger partial charge in [-0.2, -0.15) is 0 Å². The number of benzene rings is 1. The fraction of sp³-hybridized carbons (Fsp3) is 0.231. The molecule has 6 heteroatoms. The van der Waals surface area contributed by atoms with E-state index in [1.807, 2.05) is 0 Å². The number of carboxylic acid groups (broad SMARTS) is 1. The van der Waals surface area contributed by atoms with Gasteiger partial charge in [0.2, 0.25) is 0 Å². The van der Waals surface area contributed by atoms with E-state index < -0.39 is 11.4 Å². The van der Waals surface area contributed by atoms with Gasteiger partial charge in [0, 0.05) is 10.9 Å². The average Bonchev–Trinajstić information content (AvgIpc) is 2.82. The topological polar surface area (TPSA) is 90.7 Å². The minimum atomic E-state index is -1.06. The lowest BCUT2D eigenvalue weighted by molar-refractivity contribution is -0.142. The first kappa shape index (κ1) is 13.4. The van der Waals surface area contributed by atoms with Crippen molar-refractivity contribution in [3.63, 3.8) is 0 Å². The van der Waals surface area contributed by atoms with E-state index in [0.29, 0.717) is 16.3 Å². The van der Waals surface area contributed by atoms with Crippen molar-refractivity contribution in [3.05, 3.63) is 29.3 Å². The van der Waals surface area contributed by atoms with Crippen molar-refractivity contribution in [2.24, 2.45) is 0 Å². The summed E-state index contributed by atoms with van der Waals surface area (Å²) < 4.78 is 0. The molecule has 0 atom stereocenters. The summed E-state index contributed by atoms with van der Waals surface area (Å²) in [4.78, 5) is 15.4. The Bertz CT molecular complexity index is 633. The van der Waals surface area contributed by atoms with Crippen molar-refractivity contribution in [1.29, 1.82) is 0 Å². The number of thiazole rings is 1. The van der Waals surface area contributed by atoms with E-state index in [0.717, 1.165) is 0 Å². The van der Waals surface area contributed by atoms with Gasteiger partial charge in [0.15, 0.2) is 11.5 Å². The van der Waals surface area contributed by atoms with Gasteiger partial charge in [-0.05, 0) is 32.0 Å². The first-order valence-corrected chi connectivity index (χ1v) is 6.42. The minimum absolute atomic E-state index is 0.202. The molecule has 0 bridgehead atoms. The van der Waals surface area contributed by atoms with Gasteiger partial charge < -0.3 is 15.3 Å². The Balaban J connectivity index is 2.41. The molecule has 0 unspecified atom stereocenters. The molecule has 1 aromatic carbocycles. The van der Waals surface area contributed by atoms with Crippen LogP contribution in [-0.4, -0.2) is 26.3 Å². The summed E-state index contributed by atoms with van der Waals surface area (Å²) >= 11 is 1.29. The van der Waals surface area contributed by atoms with Crippen LogP contribution in [0.2, 0.25) is 0 Å². The minimum Gasteiger partial charge on any atom is -0.504 e. The van der Waals surface area contributed by atoms with E-state index in [2.05, 4.69) is 4.98 Å². The lowest BCUT2D eigenvalue weighted by Crippen LogP contribution is -2.28. The van der Waals surface area contributed by atoms with Gasteiger partial charge in [-0.25, -0.2) is 4.98 Å². The van der Waals surface area contributed by atoms with Crippen molar-refractivity contribution in [1.82, 2.24) is 4.98 Å². The molecule has 3 N–H and O–H groups in total. The van der Waals surface area contributed by atoms with Gasteiger partial charge in [0.25, 0.3) is 0 Å². The average molecular weight is 279 g/mol. The highest BCUT2D eigenvalue weighted by molar-refractivity contribution is 7.13. The molecule has 100 valence electrons. The van der Waals surface area contributed by atoms with Crippen molar-refractivity contribution >= 4 is 17.3 Å². The molecule has 0 saturated heterocycles. The second kappa shape index (κ2) is 4.55. The molecule has 0 aliphatic rings. The van der Waals surface area contributed by atoms with Crippen molar-refractivity contribution in [3.8, 4) is 22.1 Å². The highest BCUT2D eigenvalue weighted by atomic mass is 32.1. The number of phenols is 2. The zero-order valence-electron chi connectivity index (χ0n) is 10.4. The summed E-state index contributed by atoms with van der Waals surface area (Å²) in [7, 11) is 0. The van der Waals surface area contributed by atoms with E-state index in [1.165, 1.54) is 23.5 Å². The van der Waals surface area contributed by atoms with Gasteiger partial charge in [0.1, 0.15) is 10.4 Å². The van der Waals surface area contributed by atoms with Crippen molar-refractivity contribution in [2.75, 3.05) is 0 Å². The quantitative estimate of drug-likeness (QED) is 0.751. The number of aromatic hydroxyl groups is 2. The monoisotopic (exact) mass is 279 g/mol. The van der Waals surface area contributed by atoms with Crippen LogP contribution >= 0.6 is 11.3 Å². The van der Waals surface area contributed by atoms with Crippen LogP contribution in [0.25, 0.3) is 10.6 Å². The Morgan fingerprint density at radius 2 is 1.95 bits per heavy atom. The lowest BCUT2D eigenvalue weighted by Gasteiger charge is -2.15. The van der Waals surface area contributed by atoms with E-state index in [-0.39, 0.29) is 11.5 Å². The van der Waals surface area contributed by atoms with Crippen LogP contribution in [-0.2, 0) is 10.2 Å². The maximum Gasteiger partial charge on any atom is 0.315 e. The predicted octanol–water partition coefficient (Wildman–Crippen LogP) is 2.58. The number of rotatable bonds is 3. The second-order valence-electron chi connectivity index (χ2n) is 4.67. The van der Waals surface area contributed by atoms with Gasteiger partial charge in [-0.1, -0.05) is 0 Å². The Morgan fingerprint density at radius 3 is 2.53 bits per heavy atom. The van der Waals surface area contributed by atoms with Crippen LogP contribution in [0.3, 0.4) is 0 Å². The largest absolute Gasteiger partial charge is 0.504 e. The first-order chi connectivity index (χ1) is 8.82. The summed E-state index contributed by atoms with van der Waals surface area (Å²) in [5.41, 5.74) is 0.0357. The van der Waals surface area contributed by atoms with E-state index in [9.17, 15) is 15.0 Å². The second-order valence-corrected chi connectivity index (χ2v) is 5.53. The molecule has 0 saturated carbocycles. The van der Waals surface area contributed by atoms with Crippen LogP contribution in [0.15, 0.2) is 23.6 Å². The SMILES string of the molecule is CC(C)(C(=O)O)c1csc(-c2ccc(O)c(O)c2)n1. The predicted molar refractivity (Wildman–Crippen MR) is 71.5 cm³/mol. The molecule has 0 radical (unpaired) electrons. The number of carbonyl (C=O) groups is 1. The Labute approximate surface area is 113 Å². The number of carboxylic acids is 1. The third-order valence-electron chi connectivity index (χ3n) is 2.90.